The van der Waals surface area contributed by atoms with E-state index in [9.17, 15) is 14.7 Å². The van der Waals surface area contributed by atoms with Crippen LogP contribution < -0.4 is 0 Å². The molecule has 9 heteroatoms. The second-order valence-electron chi connectivity index (χ2n) is 5.54. The van der Waals surface area contributed by atoms with Crippen molar-refractivity contribution in [1.29, 1.82) is 0 Å². The van der Waals surface area contributed by atoms with Gasteiger partial charge in [0.1, 0.15) is 17.0 Å². The highest BCUT2D eigenvalue weighted by Gasteiger charge is 2.16. The molecule has 132 valence electrons. The van der Waals surface area contributed by atoms with Gasteiger partial charge in [-0.05, 0) is 36.8 Å². The maximum absolute atomic E-state index is 11.1. The molecule has 0 amide bonds. The van der Waals surface area contributed by atoms with Gasteiger partial charge in [-0.1, -0.05) is 6.07 Å². The van der Waals surface area contributed by atoms with E-state index in [0.717, 1.165) is 5.56 Å². The topological polar surface area (TPSA) is 137 Å². The second kappa shape index (κ2) is 6.63. The number of carboxylic acid groups (broad SMARTS) is 2. The summed E-state index contributed by atoms with van der Waals surface area (Å²) in [5.41, 5.74) is 1.55. The predicted molar refractivity (Wildman–Crippen MR) is 90.5 cm³/mol. The average Bonchev–Trinajstić information content (AvgIpc) is 2.92. The zero-order chi connectivity index (χ0) is 18.8. The molecule has 0 aliphatic rings. The number of nitrogens with zero attached hydrogens (tertiary/aromatic N) is 4. The first-order valence-corrected chi connectivity index (χ1v) is 7.53. The summed E-state index contributed by atoms with van der Waals surface area (Å²) in [6.07, 6.45) is 1.36. The van der Waals surface area contributed by atoms with Gasteiger partial charge in [0.15, 0.2) is 5.82 Å². The lowest BCUT2D eigenvalue weighted by Gasteiger charge is -2.01. The zero-order valence-electron chi connectivity index (χ0n) is 13.6. The molecule has 0 spiro atoms. The van der Waals surface area contributed by atoms with Crippen LogP contribution in [0.5, 0.6) is 5.75 Å². The Kier molecular flexibility index (Phi) is 4.36. The van der Waals surface area contributed by atoms with E-state index >= 15 is 0 Å². The molecule has 3 rings (SSSR count). The van der Waals surface area contributed by atoms with E-state index in [1.165, 1.54) is 18.2 Å². The summed E-state index contributed by atoms with van der Waals surface area (Å²) in [5, 5.41) is 35.7. The van der Waals surface area contributed by atoms with Gasteiger partial charge in [0.05, 0.1) is 17.8 Å². The fraction of sp³-hybridized carbons (Fsp3) is 0.118. The quantitative estimate of drug-likeness (QED) is 0.602. The number of benzene rings is 1. The Balaban J connectivity index is 2.09. The van der Waals surface area contributed by atoms with E-state index in [4.69, 9.17) is 10.2 Å². The highest BCUT2D eigenvalue weighted by Crippen LogP contribution is 2.28. The van der Waals surface area contributed by atoms with Crippen molar-refractivity contribution in [1.82, 2.24) is 9.38 Å². The molecule has 0 atom stereocenters. The van der Waals surface area contributed by atoms with Gasteiger partial charge in [0, 0.05) is 6.20 Å². The molecule has 2 heterocycles. The number of azo groups is 1. The maximum Gasteiger partial charge on any atom is 0.339 e. The second-order valence-corrected chi connectivity index (χ2v) is 5.54. The van der Waals surface area contributed by atoms with Gasteiger partial charge in [-0.3, -0.25) is 9.20 Å². The third-order valence-corrected chi connectivity index (χ3v) is 3.68. The van der Waals surface area contributed by atoms with E-state index < -0.39 is 11.9 Å². The van der Waals surface area contributed by atoms with Crippen molar-refractivity contribution in [3.8, 4) is 5.75 Å². The Morgan fingerprint density at radius 2 is 1.96 bits per heavy atom. The fourth-order valence-corrected chi connectivity index (χ4v) is 2.47. The van der Waals surface area contributed by atoms with Gasteiger partial charge < -0.3 is 15.3 Å². The third kappa shape index (κ3) is 3.22. The van der Waals surface area contributed by atoms with Crippen LogP contribution in [0.2, 0.25) is 0 Å². The number of pyridine rings is 1. The van der Waals surface area contributed by atoms with Crippen molar-refractivity contribution < 1.29 is 24.9 Å². The SMILES string of the molecule is Cc1cccn2c(N=Nc3ccc(O)c(C(=O)O)c3)c(CC(=O)O)nc12. The minimum atomic E-state index is -1.29. The number of fused-ring (bicyclic) bond motifs is 1. The number of aliphatic carboxylic acids is 1. The highest BCUT2D eigenvalue weighted by molar-refractivity contribution is 5.91. The number of imidazole rings is 1. The van der Waals surface area contributed by atoms with Gasteiger partial charge in [0.2, 0.25) is 0 Å². The summed E-state index contributed by atoms with van der Waals surface area (Å²) >= 11 is 0. The van der Waals surface area contributed by atoms with Gasteiger partial charge >= 0.3 is 11.9 Å². The lowest BCUT2D eigenvalue weighted by molar-refractivity contribution is -0.136. The van der Waals surface area contributed by atoms with Gasteiger partial charge in [-0.15, -0.1) is 10.2 Å². The molecule has 0 fully saturated rings. The molecule has 0 aliphatic heterocycles. The number of aromatic hydroxyl groups is 1. The van der Waals surface area contributed by atoms with Crippen molar-refractivity contribution in [2.75, 3.05) is 0 Å². The van der Waals surface area contributed by atoms with E-state index in [1.54, 1.807) is 16.7 Å². The van der Waals surface area contributed by atoms with Gasteiger partial charge in [0.25, 0.3) is 0 Å². The molecule has 1 aromatic carbocycles. The lowest BCUT2D eigenvalue weighted by atomic mass is 10.2. The monoisotopic (exact) mass is 354 g/mol. The van der Waals surface area contributed by atoms with Crippen molar-refractivity contribution in [3.05, 3.63) is 53.3 Å². The molecule has 0 saturated carbocycles. The van der Waals surface area contributed by atoms with Crippen LogP contribution in [0.1, 0.15) is 21.6 Å². The van der Waals surface area contributed by atoms with Crippen LogP contribution in [0.25, 0.3) is 5.65 Å². The predicted octanol–water partition coefficient (Wildman–Crippen LogP) is 3.09. The first-order chi connectivity index (χ1) is 12.4. The van der Waals surface area contributed by atoms with Gasteiger partial charge in [-0.25, -0.2) is 9.78 Å². The maximum atomic E-state index is 11.1. The van der Waals surface area contributed by atoms with E-state index in [2.05, 4.69) is 15.2 Å². The van der Waals surface area contributed by atoms with E-state index in [0.29, 0.717) is 5.65 Å². The molecule has 0 saturated heterocycles. The lowest BCUT2D eigenvalue weighted by Crippen LogP contribution is -2.00. The summed E-state index contributed by atoms with van der Waals surface area (Å²) in [6.45, 7) is 1.84. The summed E-state index contributed by atoms with van der Waals surface area (Å²) in [7, 11) is 0. The number of carbonyl (C=O) groups is 2. The van der Waals surface area contributed by atoms with Crippen molar-refractivity contribution >= 4 is 29.1 Å². The number of aromatic carboxylic acids is 1. The fourth-order valence-electron chi connectivity index (χ4n) is 2.47. The van der Waals surface area contributed by atoms with Crippen molar-refractivity contribution in [2.45, 2.75) is 13.3 Å². The van der Waals surface area contributed by atoms with Crippen LogP contribution in [-0.2, 0) is 11.2 Å². The van der Waals surface area contributed by atoms with Crippen molar-refractivity contribution in [3.63, 3.8) is 0 Å². The molecule has 0 unspecified atom stereocenters. The normalized spacial score (nSPS) is 11.3. The molecule has 3 aromatic rings. The standard InChI is InChI=1S/C17H14N4O5/c1-9-3-2-6-21-15(9)18-12(8-14(23)24)16(21)20-19-10-4-5-13(22)11(7-10)17(25)26/h2-7,22H,8H2,1H3,(H,23,24)(H,25,26). The smallest absolute Gasteiger partial charge is 0.339 e. The molecule has 0 radical (unpaired) electrons. The zero-order valence-corrected chi connectivity index (χ0v) is 13.6. The molecule has 0 bridgehead atoms. The molecule has 2 aromatic heterocycles. The first-order valence-electron chi connectivity index (χ1n) is 7.53. The largest absolute Gasteiger partial charge is 0.507 e. The molecule has 3 N–H and O–H groups in total. The van der Waals surface area contributed by atoms with E-state index in [1.807, 2.05) is 13.0 Å². The van der Waals surface area contributed by atoms with Crippen LogP contribution >= 0.6 is 0 Å². The van der Waals surface area contributed by atoms with E-state index in [-0.39, 0.29) is 34.9 Å². The molecular weight excluding hydrogens is 340 g/mol. The summed E-state index contributed by atoms with van der Waals surface area (Å²) in [4.78, 5) is 26.5. The van der Waals surface area contributed by atoms with Crippen molar-refractivity contribution in [2.24, 2.45) is 10.2 Å². The summed E-state index contributed by atoms with van der Waals surface area (Å²) < 4.78 is 1.62. The molecule has 9 nitrogen and oxygen atoms in total. The Labute approximate surface area is 146 Å². The minimum Gasteiger partial charge on any atom is -0.507 e. The molecule has 0 aliphatic carbocycles. The number of aromatic nitrogens is 2. The Bertz CT molecular complexity index is 1050. The number of rotatable bonds is 5. The number of hydrogen-bond acceptors (Lipinski definition) is 6. The number of carboxylic acids is 2. The van der Waals surface area contributed by atoms with Crippen LogP contribution in [0.15, 0.2) is 46.8 Å². The van der Waals surface area contributed by atoms with Crippen LogP contribution in [-0.4, -0.2) is 36.6 Å². The highest BCUT2D eigenvalue weighted by atomic mass is 16.4. The Hall–Kier alpha value is -3.75. The van der Waals surface area contributed by atoms with Crippen LogP contribution in [0.4, 0.5) is 11.5 Å². The molecule has 26 heavy (non-hydrogen) atoms. The number of hydrogen-bond donors (Lipinski definition) is 3. The molecular formula is C17H14N4O5. The third-order valence-electron chi connectivity index (χ3n) is 3.68. The minimum absolute atomic E-state index is 0.198. The summed E-state index contributed by atoms with van der Waals surface area (Å²) in [5.74, 6) is -2.48. The average molecular weight is 354 g/mol. The van der Waals surface area contributed by atoms with Crippen LogP contribution in [0, 0.1) is 6.92 Å². The number of aryl methyl sites for hydroxylation is 1. The first kappa shape index (κ1) is 17.1. The number of phenols is 1. The Morgan fingerprint density at radius 1 is 1.19 bits per heavy atom. The Morgan fingerprint density at radius 3 is 2.65 bits per heavy atom. The summed E-state index contributed by atoms with van der Waals surface area (Å²) in [6, 6.07) is 7.39. The van der Waals surface area contributed by atoms with Crippen LogP contribution in [0.3, 0.4) is 0 Å². The van der Waals surface area contributed by atoms with Gasteiger partial charge in [-0.2, -0.15) is 0 Å².